The third-order valence-corrected chi connectivity index (χ3v) is 3.82. The van der Waals surface area contributed by atoms with Crippen molar-refractivity contribution in [3.05, 3.63) is 68.7 Å². The summed E-state index contributed by atoms with van der Waals surface area (Å²) in [5.41, 5.74) is 7.18. The Bertz CT molecular complexity index is 579. The molecule has 0 aliphatic heterocycles. The summed E-state index contributed by atoms with van der Waals surface area (Å²) in [6.45, 7) is 1.87. The van der Waals surface area contributed by atoms with E-state index in [4.69, 9.17) is 40.5 Å². The molecule has 2 rings (SSSR count). The smallest absolute Gasteiger partial charge is 0.0666 e. The first kappa shape index (κ1) is 13.7. The predicted molar refractivity (Wildman–Crippen MR) is 78.6 cm³/mol. The highest BCUT2D eigenvalue weighted by Crippen LogP contribution is 2.36. The summed E-state index contributed by atoms with van der Waals surface area (Å²) in [6.07, 6.45) is 0. The van der Waals surface area contributed by atoms with Crippen LogP contribution in [0.1, 0.15) is 18.1 Å². The fourth-order valence-corrected chi connectivity index (χ4v) is 2.74. The Balaban J connectivity index is 2.61. The summed E-state index contributed by atoms with van der Waals surface area (Å²) >= 11 is 18.4. The lowest BCUT2D eigenvalue weighted by molar-refractivity contribution is 0.603. The van der Waals surface area contributed by atoms with Gasteiger partial charge in [0.1, 0.15) is 0 Å². The maximum absolute atomic E-state index is 6.40. The largest absolute Gasteiger partial charge is 0.318 e. The van der Waals surface area contributed by atoms with Gasteiger partial charge in [0.05, 0.1) is 5.54 Å². The molecule has 1 atom stereocenters. The van der Waals surface area contributed by atoms with Gasteiger partial charge in [-0.05, 0) is 42.3 Å². The Kier molecular flexibility index (Phi) is 3.88. The van der Waals surface area contributed by atoms with Crippen molar-refractivity contribution in [1.29, 1.82) is 0 Å². The van der Waals surface area contributed by atoms with Crippen LogP contribution in [0.4, 0.5) is 0 Å². The fourth-order valence-electron chi connectivity index (χ4n) is 1.92. The molecule has 2 aromatic rings. The highest BCUT2D eigenvalue weighted by molar-refractivity contribution is 6.34. The summed E-state index contributed by atoms with van der Waals surface area (Å²) < 4.78 is 0. The van der Waals surface area contributed by atoms with E-state index in [0.29, 0.717) is 15.1 Å². The predicted octanol–water partition coefficient (Wildman–Crippen LogP) is 4.87. The molecule has 0 radical (unpaired) electrons. The third kappa shape index (κ3) is 2.50. The summed E-state index contributed by atoms with van der Waals surface area (Å²) in [5.74, 6) is 0. The molecule has 0 aliphatic rings. The van der Waals surface area contributed by atoms with E-state index in [1.165, 1.54) is 0 Å². The average molecular weight is 301 g/mol. The Morgan fingerprint density at radius 2 is 1.50 bits per heavy atom. The second-order valence-corrected chi connectivity index (χ2v) is 5.56. The zero-order valence-corrected chi connectivity index (χ0v) is 12.0. The van der Waals surface area contributed by atoms with Crippen LogP contribution in [0.2, 0.25) is 15.1 Å². The Hall–Kier alpha value is -0.730. The molecule has 0 amide bonds. The molecule has 0 aromatic heterocycles. The molecule has 0 bridgehead atoms. The van der Waals surface area contributed by atoms with E-state index >= 15 is 0 Å². The van der Waals surface area contributed by atoms with Gasteiger partial charge in [-0.2, -0.15) is 0 Å². The first-order valence-electron chi connectivity index (χ1n) is 5.42. The summed E-state index contributed by atoms with van der Waals surface area (Å²) in [7, 11) is 0. The average Bonchev–Trinajstić information content (AvgIpc) is 2.32. The lowest BCUT2D eigenvalue weighted by Gasteiger charge is -2.28. The zero-order valence-electron chi connectivity index (χ0n) is 9.75. The normalized spacial score (nSPS) is 14.3. The van der Waals surface area contributed by atoms with Crippen LogP contribution in [0.5, 0.6) is 0 Å². The first-order chi connectivity index (χ1) is 8.43. The van der Waals surface area contributed by atoms with Gasteiger partial charge in [-0.3, -0.25) is 0 Å². The monoisotopic (exact) mass is 299 g/mol. The highest BCUT2D eigenvalue weighted by atomic mass is 35.5. The molecule has 2 aromatic carbocycles. The Morgan fingerprint density at radius 1 is 0.889 bits per heavy atom. The van der Waals surface area contributed by atoms with Crippen LogP contribution in [0, 0.1) is 0 Å². The van der Waals surface area contributed by atoms with Gasteiger partial charge >= 0.3 is 0 Å². The van der Waals surface area contributed by atoms with Crippen molar-refractivity contribution in [3.8, 4) is 0 Å². The van der Waals surface area contributed by atoms with E-state index < -0.39 is 5.54 Å². The molecule has 0 spiro atoms. The van der Waals surface area contributed by atoms with Crippen molar-refractivity contribution in [1.82, 2.24) is 0 Å². The summed E-state index contributed by atoms with van der Waals surface area (Å²) in [4.78, 5) is 0. The molecule has 0 saturated heterocycles. The topological polar surface area (TPSA) is 26.0 Å². The zero-order chi connectivity index (χ0) is 13.3. The Labute approximate surface area is 121 Å². The minimum Gasteiger partial charge on any atom is -0.318 e. The van der Waals surface area contributed by atoms with Crippen molar-refractivity contribution in [3.63, 3.8) is 0 Å². The quantitative estimate of drug-likeness (QED) is 0.841. The van der Waals surface area contributed by atoms with Crippen molar-refractivity contribution in [2.75, 3.05) is 0 Å². The van der Waals surface area contributed by atoms with Crippen molar-refractivity contribution in [2.24, 2.45) is 5.73 Å². The fraction of sp³-hybridized carbons (Fsp3) is 0.143. The molecule has 0 heterocycles. The van der Waals surface area contributed by atoms with Crippen LogP contribution in [0.3, 0.4) is 0 Å². The molecule has 1 unspecified atom stereocenters. The molecule has 2 N–H and O–H groups in total. The molecule has 4 heteroatoms. The lowest BCUT2D eigenvalue weighted by Crippen LogP contribution is -2.35. The van der Waals surface area contributed by atoms with Crippen LogP contribution in [0.15, 0.2) is 42.5 Å². The number of nitrogens with two attached hydrogens (primary N) is 1. The standard InChI is InChI=1S/C14H12Cl3N/c1-14(18,10-4-2-3-5-12(10)16)11-8-9(15)6-7-13(11)17/h2-8H,18H2,1H3. The molecule has 18 heavy (non-hydrogen) atoms. The van der Waals surface area contributed by atoms with E-state index in [9.17, 15) is 0 Å². The van der Waals surface area contributed by atoms with Crippen LogP contribution >= 0.6 is 34.8 Å². The molecule has 1 nitrogen and oxygen atoms in total. The highest BCUT2D eigenvalue weighted by Gasteiger charge is 2.28. The molecular formula is C14H12Cl3N. The summed E-state index contributed by atoms with van der Waals surface area (Å²) in [5, 5.41) is 1.78. The summed E-state index contributed by atoms with van der Waals surface area (Å²) in [6, 6.07) is 12.7. The van der Waals surface area contributed by atoms with E-state index in [1.54, 1.807) is 24.3 Å². The molecule has 94 valence electrons. The number of hydrogen-bond acceptors (Lipinski definition) is 1. The first-order valence-corrected chi connectivity index (χ1v) is 6.55. The van der Waals surface area contributed by atoms with Gasteiger partial charge in [-0.15, -0.1) is 0 Å². The van der Waals surface area contributed by atoms with E-state index in [0.717, 1.165) is 11.1 Å². The van der Waals surface area contributed by atoms with Crippen LogP contribution < -0.4 is 5.73 Å². The minimum atomic E-state index is -0.791. The van der Waals surface area contributed by atoms with E-state index in [1.807, 2.05) is 25.1 Å². The van der Waals surface area contributed by atoms with Crippen molar-refractivity contribution >= 4 is 34.8 Å². The maximum atomic E-state index is 6.40. The minimum absolute atomic E-state index is 0.573. The van der Waals surface area contributed by atoms with Crippen molar-refractivity contribution in [2.45, 2.75) is 12.5 Å². The maximum Gasteiger partial charge on any atom is 0.0666 e. The van der Waals surface area contributed by atoms with Gasteiger partial charge in [-0.25, -0.2) is 0 Å². The van der Waals surface area contributed by atoms with Crippen LogP contribution in [0.25, 0.3) is 0 Å². The van der Waals surface area contributed by atoms with Gasteiger partial charge in [-0.1, -0.05) is 53.0 Å². The third-order valence-electron chi connectivity index (χ3n) is 2.92. The number of benzene rings is 2. The number of rotatable bonds is 2. The van der Waals surface area contributed by atoms with E-state index in [-0.39, 0.29) is 0 Å². The van der Waals surface area contributed by atoms with Crippen LogP contribution in [-0.4, -0.2) is 0 Å². The second-order valence-electron chi connectivity index (χ2n) is 4.31. The van der Waals surface area contributed by atoms with Gasteiger partial charge in [0.2, 0.25) is 0 Å². The second kappa shape index (κ2) is 5.10. The Morgan fingerprint density at radius 3 is 2.17 bits per heavy atom. The van der Waals surface area contributed by atoms with Crippen molar-refractivity contribution < 1.29 is 0 Å². The molecule has 0 fully saturated rings. The van der Waals surface area contributed by atoms with Gasteiger partial charge < -0.3 is 5.73 Å². The molecule has 0 aliphatic carbocycles. The molecular weight excluding hydrogens is 289 g/mol. The lowest BCUT2D eigenvalue weighted by atomic mass is 9.85. The van der Waals surface area contributed by atoms with Gasteiger partial charge in [0.15, 0.2) is 0 Å². The SMILES string of the molecule is CC(N)(c1ccccc1Cl)c1cc(Cl)ccc1Cl. The van der Waals surface area contributed by atoms with Gasteiger partial charge in [0, 0.05) is 15.1 Å². The van der Waals surface area contributed by atoms with E-state index in [2.05, 4.69) is 0 Å². The molecule has 0 saturated carbocycles. The van der Waals surface area contributed by atoms with Gasteiger partial charge in [0.25, 0.3) is 0 Å². The number of halogens is 3. The number of hydrogen-bond donors (Lipinski definition) is 1. The van der Waals surface area contributed by atoms with Crippen LogP contribution in [-0.2, 0) is 5.54 Å².